The molecule has 6 N–H and O–H groups in total. The molecule has 0 heterocycles. The molecule has 0 rings (SSSR count). The zero-order valence-electron chi connectivity index (χ0n) is 9.57. The predicted octanol–water partition coefficient (Wildman–Crippen LogP) is -1.13. The Labute approximate surface area is 92.4 Å². The van der Waals surface area contributed by atoms with E-state index < -0.39 is 8.80 Å². The molecule has 1 atom stereocenters. The van der Waals surface area contributed by atoms with Gasteiger partial charge in [-0.2, -0.15) is 0 Å². The summed E-state index contributed by atoms with van der Waals surface area (Å²) in [6.07, 6.45) is 0. The molecule has 0 bridgehead atoms. The normalized spacial score (nSPS) is 14.2. The first-order valence-corrected chi connectivity index (χ1v) is 7.34. The molecule has 7 heteroatoms. The summed E-state index contributed by atoms with van der Waals surface area (Å²) in [6.45, 7) is 5.82. The van der Waals surface area contributed by atoms with Crippen molar-refractivity contribution in [2.24, 2.45) is 17.2 Å². The number of hydrogen-bond donors (Lipinski definition) is 3. The molecule has 0 spiro atoms. The van der Waals surface area contributed by atoms with Crippen LogP contribution in [0.2, 0.25) is 6.55 Å². The van der Waals surface area contributed by atoms with Crippen molar-refractivity contribution in [3.05, 3.63) is 0 Å². The molecule has 0 aromatic rings. The summed E-state index contributed by atoms with van der Waals surface area (Å²) in [5, 5.41) is 0. The minimum atomic E-state index is -2.59. The molecule has 0 radical (unpaired) electrons. The first kappa shape index (κ1) is 15.0. The average Bonchev–Trinajstić information content (AvgIpc) is 2.21. The number of hydrogen-bond acceptors (Lipinski definition) is 6. The Balaban J connectivity index is 4.01. The van der Waals surface area contributed by atoms with E-state index in [0.717, 1.165) is 0 Å². The lowest BCUT2D eigenvalue weighted by Crippen LogP contribution is -2.46. The van der Waals surface area contributed by atoms with Crippen molar-refractivity contribution in [3.63, 3.8) is 0 Å². The van der Waals surface area contributed by atoms with Gasteiger partial charge in [-0.1, -0.05) is 0 Å². The van der Waals surface area contributed by atoms with Gasteiger partial charge in [0.25, 0.3) is 0 Å². The van der Waals surface area contributed by atoms with Crippen LogP contribution in [0.4, 0.5) is 0 Å². The lowest BCUT2D eigenvalue weighted by molar-refractivity contribution is 0.0668. The first-order valence-electron chi connectivity index (χ1n) is 5.11. The van der Waals surface area contributed by atoms with Gasteiger partial charge in [-0.25, -0.2) is 0 Å². The van der Waals surface area contributed by atoms with Gasteiger partial charge in [-0.05, 0) is 6.92 Å². The van der Waals surface area contributed by atoms with E-state index in [4.69, 9.17) is 30.5 Å². The summed E-state index contributed by atoms with van der Waals surface area (Å²) in [7, 11) is -2.59. The van der Waals surface area contributed by atoms with Crippen LogP contribution in [-0.4, -0.2) is 47.8 Å². The van der Waals surface area contributed by atoms with Crippen molar-refractivity contribution in [3.8, 4) is 0 Å². The fourth-order valence-electron chi connectivity index (χ4n) is 0.896. The van der Waals surface area contributed by atoms with Crippen LogP contribution in [-0.2, 0) is 13.3 Å². The largest absolute Gasteiger partial charge is 0.497 e. The highest BCUT2D eigenvalue weighted by Gasteiger charge is 2.34. The van der Waals surface area contributed by atoms with E-state index in [9.17, 15) is 0 Å². The minimum absolute atomic E-state index is 0.0419. The van der Waals surface area contributed by atoms with Crippen LogP contribution in [0.3, 0.4) is 0 Å². The van der Waals surface area contributed by atoms with Crippen molar-refractivity contribution in [1.82, 2.24) is 0 Å². The lowest BCUT2D eigenvalue weighted by Gasteiger charge is -2.26. The van der Waals surface area contributed by atoms with Crippen LogP contribution in [0.15, 0.2) is 0 Å². The van der Waals surface area contributed by atoms with Gasteiger partial charge in [0.15, 0.2) is 0 Å². The Morgan fingerprint density at radius 3 is 1.87 bits per heavy atom. The van der Waals surface area contributed by atoms with E-state index in [-0.39, 0.29) is 6.04 Å². The maximum Gasteiger partial charge on any atom is 0.497 e. The monoisotopic (exact) mass is 237 g/mol. The zero-order chi connectivity index (χ0) is 11.7. The minimum Gasteiger partial charge on any atom is -0.372 e. The third-order valence-corrected chi connectivity index (χ3v) is 3.72. The van der Waals surface area contributed by atoms with Crippen molar-refractivity contribution in [1.29, 1.82) is 0 Å². The third-order valence-electron chi connectivity index (χ3n) is 1.57. The van der Waals surface area contributed by atoms with Crippen LogP contribution >= 0.6 is 0 Å². The summed E-state index contributed by atoms with van der Waals surface area (Å²) in [5.74, 6) is 0. The molecular weight excluding hydrogens is 214 g/mol. The highest BCUT2D eigenvalue weighted by Crippen LogP contribution is 2.09. The van der Waals surface area contributed by atoms with Gasteiger partial charge in [-0.15, -0.1) is 0 Å². The van der Waals surface area contributed by atoms with Crippen molar-refractivity contribution in [2.75, 3.05) is 32.9 Å². The second-order valence-electron chi connectivity index (χ2n) is 3.42. The fraction of sp³-hybridized carbons (Fsp3) is 1.00. The van der Waals surface area contributed by atoms with Crippen LogP contribution in [0.5, 0.6) is 0 Å². The van der Waals surface area contributed by atoms with E-state index in [2.05, 4.69) is 0 Å². The molecule has 0 saturated heterocycles. The quantitative estimate of drug-likeness (QED) is 0.438. The maximum atomic E-state index is 5.59. The van der Waals surface area contributed by atoms with Gasteiger partial charge in [0.2, 0.25) is 0 Å². The van der Waals surface area contributed by atoms with E-state index in [1.807, 2.05) is 13.5 Å². The number of nitrogens with two attached hydrogens (primary N) is 3. The maximum absolute atomic E-state index is 5.59. The van der Waals surface area contributed by atoms with Gasteiger partial charge >= 0.3 is 8.80 Å². The summed E-state index contributed by atoms with van der Waals surface area (Å²) in [5.41, 5.74) is 16.3. The molecule has 6 nitrogen and oxygen atoms in total. The van der Waals surface area contributed by atoms with Gasteiger partial charge in [0.05, 0.1) is 19.8 Å². The second kappa shape index (κ2) is 8.17. The Kier molecular flexibility index (Phi) is 8.15. The van der Waals surface area contributed by atoms with Crippen LogP contribution in [0.25, 0.3) is 0 Å². The highest BCUT2D eigenvalue weighted by molar-refractivity contribution is 6.59. The average molecular weight is 237 g/mol. The summed E-state index contributed by atoms with van der Waals surface area (Å²) >= 11 is 0. The molecule has 0 amide bonds. The second-order valence-corrected chi connectivity index (χ2v) is 6.02. The standard InChI is InChI=1S/C8H23N3O3Si/c1-8(11)7-14-15(2,12-5-3-9)13-6-4-10/h8H,3-7,9-11H2,1-2H3. The van der Waals surface area contributed by atoms with Gasteiger partial charge in [0, 0.05) is 25.7 Å². The first-order chi connectivity index (χ1) is 7.04. The Bertz CT molecular complexity index is 152. The van der Waals surface area contributed by atoms with E-state index >= 15 is 0 Å². The molecule has 0 saturated carbocycles. The molecule has 0 fully saturated rings. The molecule has 92 valence electrons. The third kappa shape index (κ3) is 7.85. The molecule has 15 heavy (non-hydrogen) atoms. The number of rotatable bonds is 9. The smallest absolute Gasteiger partial charge is 0.372 e. The SMILES string of the molecule is CC(N)CO[Si](C)(OCCN)OCCN. The summed E-state index contributed by atoms with van der Waals surface area (Å²) in [4.78, 5) is 0. The Morgan fingerprint density at radius 2 is 1.53 bits per heavy atom. The van der Waals surface area contributed by atoms with Crippen LogP contribution < -0.4 is 17.2 Å². The van der Waals surface area contributed by atoms with Crippen molar-refractivity contribution in [2.45, 2.75) is 19.5 Å². The highest BCUT2D eigenvalue weighted by atomic mass is 28.4. The summed E-state index contributed by atoms with van der Waals surface area (Å²) < 4.78 is 16.5. The van der Waals surface area contributed by atoms with Gasteiger partial charge in [-0.3, -0.25) is 0 Å². The van der Waals surface area contributed by atoms with E-state index in [0.29, 0.717) is 32.9 Å². The lowest BCUT2D eigenvalue weighted by atomic mass is 10.4. The fourth-order valence-corrected chi connectivity index (χ4v) is 2.69. The van der Waals surface area contributed by atoms with Gasteiger partial charge in [0.1, 0.15) is 0 Å². The molecular formula is C8H23N3O3Si. The zero-order valence-corrected chi connectivity index (χ0v) is 10.6. The summed E-state index contributed by atoms with van der Waals surface area (Å²) in [6, 6.07) is -0.0419. The predicted molar refractivity (Wildman–Crippen MR) is 61.2 cm³/mol. The molecule has 0 aliphatic rings. The Hall–Kier alpha value is -0.0231. The molecule has 0 aliphatic heterocycles. The molecule has 0 aromatic heterocycles. The topological polar surface area (TPSA) is 106 Å². The van der Waals surface area contributed by atoms with E-state index in [1.165, 1.54) is 0 Å². The molecule has 0 aliphatic carbocycles. The van der Waals surface area contributed by atoms with Crippen molar-refractivity contribution < 1.29 is 13.3 Å². The van der Waals surface area contributed by atoms with Crippen molar-refractivity contribution >= 4 is 8.80 Å². The van der Waals surface area contributed by atoms with Gasteiger partial charge < -0.3 is 30.5 Å². The molecule has 1 unspecified atom stereocenters. The molecule has 0 aromatic carbocycles. The Morgan fingerprint density at radius 1 is 1.07 bits per heavy atom. The van der Waals surface area contributed by atoms with Crippen LogP contribution in [0, 0.1) is 0 Å². The van der Waals surface area contributed by atoms with Crippen LogP contribution in [0.1, 0.15) is 6.92 Å². The van der Waals surface area contributed by atoms with E-state index in [1.54, 1.807) is 0 Å².